The van der Waals surface area contributed by atoms with Gasteiger partial charge in [-0.1, -0.05) is 11.6 Å². The quantitative estimate of drug-likeness (QED) is 0.858. The molecule has 130 valence electrons. The summed E-state index contributed by atoms with van der Waals surface area (Å²) in [7, 11) is 0. The lowest BCUT2D eigenvalue weighted by Gasteiger charge is -2.27. The average Bonchev–Trinajstić information content (AvgIpc) is 3.10. The highest BCUT2D eigenvalue weighted by Crippen LogP contribution is 2.25. The van der Waals surface area contributed by atoms with Crippen molar-refractivity contribution in [1.82, 2.24) is 10.2 Å². The molecular weight excluding hydrogens is 346 g/mol. The molecule has 7 heteroatoms. The van der Waals surface area contributed by atoms with Gasteiger partial charge in [-0.05, 0) is 49.6 Å². The lowest BCUT2D eigenvalue weighted by atomic mass is 10.1. The molecule has 1 atom stereocenters. The van der Waals surface area contributed by atoms with E-state index in [0.717, 1.165) is 43.9 Å². The third-order valence-electron chi connectivity index (χ3n) is 4.37. The van der Waals surface area contributed by atoms with Gasteiger partial charge in [0.1, 0.15) is 0 Å². The number of amides is 3. The summed E-state index contributed by atoms with van der Waals surface area (Å²) in [5.74, 6) is 2.02. The molecule has 3 amide bonds. The van der Waals surface area contributed by atoms with Crippen molar-refractivity contribution in [1.29, 1.82) is 0 Å². The zero-order valence-corrected chi connectivity index (χ0v) is 15.1. The van der Waals surface area contributed by atoms with E-state index in [2.05, 4.69) is 10.6 Å². The summed E-state index contributed by atoms with van der Waals surface area (Å²) in [6.07, 6.45) is 4.26. The van der Waals surface area contributed by atoms with Crippen LogP contribution in [0.4, 0.5) is 10.5 Å². The fourth-order valence-electron chi connectivity index (χ4n) is 3.03. The number of nitrogens with one attached hydrogen (secondary N) is 2. The molecule has 2 N–H and O–H groups in total. The van der Waals surface area contributed by atoms with Crippen LogP contribution in [0.5, 0.6) is 0 Å². The van der Waals surface area contributed by atoms with Crippen LogP contribution in [-0.2, 0) is 0 Å². The minimum absolute atomic E-state index is 0.00187. The Morgan fingerprint density at radius 1 is 1.21 bits per heavy atom. The molecular formula is C17H22ClN3O2S. The standard InChI is InChI=1S/C17H22ClN3O2S/c18-14-5-4-12(16(22)21-7-2-1-3-8-21)10-15(14)20-17(23)19-13-6-9-24-11-13/h4-5,10,13H,1-3,6-9,11H2,(H2,19,20,23)/t13-/m0/s1. The second-order valence-electron chi connectivity index (χ2n) is 6.21. The van der Waals surface area contributed by atoms with Crippen LogP contribution >= 0.6 is 23.4 Å². The minimum Gasteiger partial charge on any atom is -0.339 e. The molecule has 24 heavy (non-hydrogen) atoms. The van der Waals surface area contributed by atoms with Crippen LogP contribution in [0.25, 0.3) is 0 Å². The number of carbonyl (C=O) groups is 2. The van der Waals surface area contributed by atoms with Crippen LogP contribution in [0.3, 0.4) is 0 Å². The third-order valence-corrected chi connectivity index (χ3v) is 5.86. The number of piperidine rings is 1. The van der Waals surface area contributed by atoms with Gasteiger partial charge in [-0.3, -0.25) is 4.79 Å². The Kier molecular flexibility index (Phi) is 5.89. The highest BCUT2D eigenvalue weighted by molar-refractivity contribution is 7.99. The first-order valence-corrected chi connectivity index (χ1v) is 9.91. The van der Waals surface area contributed by atoms with Crippen LogP contribution in [0.2, 0.25) is 5.02 Å². The van der Waals surface area contributed by atoms with Gasteiger partial charge >= 0.3 is 6.03 Å². The van der Waals surface area contributed by atoms with Crippen molar-refractivity contribution in [3.8, 4) is 0 Å². The molecule has 0 aliphatic carbocycles. The van der Waals surface area contributed by atoms with Crippen LogP contribution < -0.4 is 10.6 Å². The summed E-state index contributed by atoms with van der Waals surface area (Å²) in [4.78, 5) is 26.6. The van der Waals surface area contributed by atoms with E-state index in [-0.39, 0.29) is 18.0 Å². The van der Waals surface area contributed by atoms with Crippen molar-refractivity contribution in [2.45, 2.75) is 31.7 Å². The number of anilines is 1. The number of carbonyl (C=O) groups excluding carboxylic acids is 2. The SMILES string of the molecule is O=C(Nc1cc(C(=O)N2CCCCC2)ccc1Cl)N[C@H]1CCSC1. The van der Waals surface area contributed by atoms with E-state index in [0.29, 0.717) is 16.3 Å². The Morgan fingerprint density at radius 2 is 2.00 bits per heavy atom. The fourth-order valence-corrected chi connectivity index (χ4v) is 4.34. The van der Waals surface area contributed by atoms with Crippen LogP contribution in [0.1, 0.15) is 36.0 Å². The van der Waals surface area contributed by atoms with E-state index < -0.39 is 0 Å². The van der Waals surface area contributed by atoms with E-state index in [1.54, 1.807) is 18.2 Å². The third kappa shape index (κ3) is 4.36. The molecule has 0 saturated carbocycles. The normalized spacial score (nSPS) is 20.7. The number of benzene rings is 1. The summed E-state index contributed by atoms with van der Waals surface area (Å²) in [5, 5.41) is 6.15. The molecule has 2 fully saturated rings. The Labute approximate surface area is 151 Å². The van der Waals surface area contributed by atoms with Crippen molar-refractivity contribution in [2.75, 3.05) is 29.9 Å². The molecule has 2 aliphatic rings. The second-order valence-corrected chi connectivity index (χ2v) is 7.76. The number of likely N-dealkylation sites (tertiary alicyclic amines) is 1. The Bertz CT molecular complexity index is 614. The molecule has 2 aliphatic heterocycles. The molecule has 2 saturated heterocycles. The Morgan fingerprint density at radius 3 is 2.71 bits per heavy atom. The summed E-state index contributed by atoms with van der Waals surface area (Å²) in [6.45, 7) is 1.59. The first-order chi connectivity index (χ1) is 11.6. The molecule has 0 unspecified atom stereocenters. The summed E-state index contributed by atoms with van der Waals surface area (Å²) >= 11 is 8.01. The van der Waals surface area contributed by atoms with Gasteiger partial charge < -0.3 is 15.5 Å². The summed E-state index contributed by atoms with van der Waals surface area (Å²) < 4.78 is 0. The van der Waals surface area contributed by atoms with Gasteiger partial charge in [-0.15, -0.1) is 0 Å². The molecule has 0 spiro atoms. The molecule has 3 rings (SSSR count). The molecule has 1 aromatic rings. The second kappa shape index (κ2) is 8.12. The molecule has 0 aromatic heterocycles. The van der Waals surface area contributed by atoms with Crippen LogP contribution in [0, 0.1) is 0 Å². The average molecular weight is 368 g/mol. The smallest absolute Gasteiger partial charge is 0.319 e. The van der Waals surface area contributed by atoms with Gasteiger partial charge in [-0.25, -0.2) is 4.79 Å². The lowest BCUT2D eigenvalue weighted by Crippen LogP contribution is -2.38. The lowest BCUT2D eigenvalue weighted by molar-refractivity contribution is 0.0724. The molecule has 2 heterocycles. The number of nitrogens with zero attached hydrogens (tertiary/aromatic N) is 1. The Balaban J connectivity index is 1.66. The first kappa shape index (κ1) is 17.4. The maximum atomic E-state index is 12.6. The first-order valence-electron chi connectivity index (χ1n) is 8.37. The number of hydrogen-bond donors (Lipinski definition) is 2. The van der Waals surface area contributed by atoms with E-state index in [4.69, 9.17) is 11.6 Å². The maximum absolute atomic E-state index is 12.6. The molecule has 5 nitrogen and oxygen atoms in total. The molecule has 1 aromatic carbocycles. The van der Waals surface area contributed by atoms with Crippen LogP contribution in [-0.4, -0.2) is 47.5 Å². The van der Waals surface area contributed by atoms with Crippen molar-refractivity contribution >= 4 is 41.0 Å². The predicted octanol–water partition coefficient (Wildman–Crippen LogP) is 3.59. The van der Waals surface area contributed by atoms with E-state index >= 15 is 0 Å². The van der Waals surface area contributed by atoms with E-state index in [1.165, 1.54) is 6.42 Å². The highest BCUT2D eigenvalue weighted by atomic mass is 35.5. The van der Waals surface area contributed by atoms with Gasteiger partial charge in [0.15, 0.2) is 0 Å². The zero-order valence-electron chi connectivity index (χ0n) is 13.5. The fraction of sp³-hybridized carbons (Fsp3) is 0.529. The number of hydrogen-bond acceptors (Lipinski definition) is 3. The highest BCUT2D eigenvalue weighted by Gasteiger charge is 2.21. The van der Waals surface area contributed by atoms with Crippen LogP contribution in [0.15, 0.2) is 18.2 Å². The number of halogens is 1. The number of thioether (sulfide) groups is 1. The zero-order chi connectivity index (χ0) is 16.9. The number of rotatable bonds is 3. The van der Waals surface area contributed by atoms with Crippen molar-refractivity contribution < 1.29 is 9.59 Å². The van der Waals surface area contributed by atoms with Crippen molar-refractivity contribution in [3.05, 3.63) is 28.8 Å². The van der Waals surface area contributed by atoms with Gasteiger partial charge in [0.2, 0.25) is 0 Å². The summed E-state index contributed by atoms with van der Waals surface area (Å²) in [5.41, 5.74) is 1.04. The summed E-state index contributed by atoms with van der Waals surface area (Å²) in [6, 6.07) is 4.98. The number of urea groups is 1. The van der Waals surface area contributed by atoms with E-state index in [1.807, 2.05) is 16.7 Å². The maximum Gasteiger partial charge on any atom is 0.319 e. The predicted molar refractivity (Wildman–Crippen MR) is 99.1 cm³/mol. The van der Waals surface area contributed by atoms with Crippen molar-refractivity contribution in [2.24, 2.45) is 0 Å². The van der Waals surface area contributed by atoms with Gasteiger partial charge in [0.05, 0.1) is 10.7 Å². The van der Waals surface area contributed by atoms with Gasteiger partial charge in [0.25, 0.3) is 5.91 Å². The molecule has 0 radical (unpaired) electrons. The minimum atomic E-state index is -0.271. The van der Waals surface area contributed by atoms with E-state index in [9.17, 15) is 9.59 Å². The topological polar surface area (TPSA) is 61.4 Å². The Hall–Kier alpha value is -1.40. The van der Waals surface area contributed by atoms with Crippen molar-refractivity contribution in [3.63, 3.8) is 0 Å². The monoisotopic (exact) mass is 367 g/mol. The molecule has 0 bridgehead atoms. The largest absolute Gasteiger partial charge is 0.339 e. The van der Waals surface area contributed by atoms with Gasteiger partial charge in [0, 0.05) is 30.4 Å². The van der Waals surface area contributed by atoms with Gasteiger partial charge in [-0.2, -0.15) is 11.8 Å².